The number of hydrogen-bond donors (Lipinski definition) is 2. The third-order valence-electron chi connectivity index (χ3n) is 4.81. The van der Waals surface area contributed by atoms with Gasteiger partial charge >= 0.3 is 6.03 Å². The van der Waals surface area contributed by atoms with Crippen LogP contribution >= 0.6 is 11.8 Å². The number of urea groups is 1. The van der Waals surface area contributed by atoms with Crippen molar-refractivity contribution >= 4 is 29.6 Å². The summed E-state index contributed by atoms with van der Waals surface area (Å²) in [6.07, 6.45) is 0.380. The molecule has 6 nitrogen and oxygen atoms in total. The average molecular weight is 398 g/mol. The zero-order chi connectivity index (χ0) is 20.3. The summed E-state index contributed by atoms with van der Waals surface area (Å²) in [7, 11) is 0. The van der Waals surface area contributed by atoms with Crippen LogP contribution in [0.4, 0.5) is 4.79 Å². The van der Waals surface area contributed by atoms with Crippen molar-refractivity contribution in [1.29, 1.82) is 0 Å². The van der Waals surface area contributed by atoms with Gasteiger partial charge in [0, 0.05) is 4.90 Å². The van der Waals surface area contributed by atoms with E-state index < -0.39 is 23.4 Å². The highest BCUT2D eigenvalue weighted by Crippen LogP contribution is 2.31. The summed E-state index contributed by atoms with van der Waals surface area (Å²) in [5.41, 5.74) is 4.22. The molecule has 1 unspecified atom stereocenters. The largest absolute Gasteiger partial charge is 0.344 e. The Labute approximate surface area is 168 Å². The van der Waals surface area contributed by atoms with E-state index in [2.05, 4.69) is 10.7 Å². The van der Waals surface area contributed by atoms with Crippen LogP contribution in [0.5, 0.6) is 0 Å². The summed E-state index contributed by atoms with van der Waals surface area (Å²) < 4.78 is 0. The van der Waals surface area contributed by atoms with Crippen LogP contribution in [0.3, 0.4) is 0 Å². The van der Waals surface area contributed by atoms with Crippen molar-refractivity contribution in [3.63, 3.8) is 0 Å². The molecule has 0 bridgehead atoms. The van der Waals surface area contributed by atoms with Gasteiger partial charge < -0.3 is 5.32 Å². The normalized spacial score (nSPS) is 18.9. The van der Waals surface area contributed by atoms with Crippen molar-refractivity contribution in [2.45, 2.75) is 37.6 Å². The van der Waals surface area contributed by atoms with Gasteiger partial charge in [-0.15, -0.1) is 11.8 Å². The van der Waals surface area contributed by atoms with Gasteiger partial charge in [0.25, 0.3) is 5.91 Å². The highest BCUT2D eigenvalue weighted by molar-refractivity contribution is 8.00. The van der Waals surface area contributed by atoms with E-state index in [4.69, 9.17) is 0 Å². The van der Waals surface area contributed by atoms with Crippen LogP contribution in [0.15, 0.2) is 53.4 Å². The van der Waals surface area contributed by atoms with Gasteiger partial charge in [0.1, 0.15) is 5.54 Å². The number of thioether (sulfide) groups is 1. The number of carbonyl (C=O) groups excluding carboxylic acids is 3. The first-order valence-corrected chi connectivity index (χ1v) is 10.1. The fraction of sp³-hybridized carbons (Fsp3) is 0.286. The number of hydrazine groups is 1. The van der Waals surface area contributed by atoms with Crippen LogP contribution in [0, 0.1) is 13.8 Å². The van der Waals surface area contributed by atoms with E-state index in [1.807, 2.05) is 57.2 Å². The van der Waals surface area contributed by atoms with Crippen molar-refractivity contribution in [3.8, 4) is 0 Å². The monoisotopic (exact) mass is 397 g/mol. The maximum absolute atomic E-state index is 13.0. The Bertz CT molecular complexity index is 916. The van der Waals surface area contributed by atoms with E-state index >= 15 is 0 Å². The van der Waals surface area contributed by atoms with E-state index in [1.165, 1.54) is 11.8 Å². The van der Waals surface area contributed by atoms with Crippen LogP contribution in [0.25, 0.3) is 0 Å². The lowest BCUT2D eigenvalue weighted by Crippen LogP contribution is -2.49. The molecule has 2 aromatic carbocycles. The molecule has 0 aromatic heterocycles. The van der Waals surface area contributed by atoms with Crippen LogP contribution in [-0.2, 0) is 15.1 Å². The Hall–Kier alpha value is -2.80. The maximum Gasteiger partial charge on any atom is 0.344 e. The fourth-order valence-corrected chi connectivity index (χ4v) is 4.10. The number of rotatable bonds is 6. The number of imide groups is 1. The number of nitrogens with zero attached hydrogens (tertiary/aromatic N) is 1. The molecule has 2 N–H and O–H groups in total. The number of benzene rings is 2. The summed E-state index contributed by atoms with van der Waals surface area (Å²) in [6.45, 7) is 5.82. The lowest BCUT2D eigenvalue weighted by atomic mass is 9.87. The molecule has 4 amide bonds. The van der Waals surface area contributed by atoms with Crippen molar-refractivity contribution < 1.29 is 14.4 Å². The Morgan fingerprint density at radius 2 is 1.86 bits per heavy atom. The molecule has 7 heteroatoms. The first-order chi connectivity index (χ1) is 13.4. The van der Waals surface area contributed by atoms with Gasteiger partial charge in [0.05, 0.1) is 5.75 Å². The lowest BCUT2D eigenvalue weighted by molar-refractivity contribution is -0.138. The Kier molecular flexibility index (Phi) is 5.74. The van der Waals surface area contributed by atoms with Crippen molar-refractivity contribution in [3.05, 3.63) is 65.2 Å². The smallest absolute Gasteiger partial charge is 0.318 e. The number of nitrogens with one attached hydrogen (secondary N) is 2. The highest BCUT2D eigenvalue weighted by Gasteiger charge is 2.52. The van der Waals surface area contributed by atoms with Gasteiger partial charge in [0.2, 0.25) is 5.91 Å². The fourth-order valence-electron chi connectivity index (χ4n) is 3.30. The highest BCUT2D eigenvalue weighted by atomic mass is 32.2. The molecule has 0 spiro atoms. The molecule has 0 aliphatic carbocycles. The molecular weight excluding hydrogens is 374 g/mol. The molecular formula is C21H23N3O3S. The van der Waals surface area contributed by atoms with Gasteiger partial charge in [-0.3, -0.25) is 15.0 Å². The van der Waals surface area contributed by atoms with Crippen LogP contribution < -0.4 is 10.7 Å². The third-order valence-corrected chi connectivity index (χ3v) is 5.99. The molecule has 1 aliphatic rings. The van der Waals surface area contributed by atoms with E-state index in [9.17, 15) is 14.4 Å². The number of hydrogen-bond acceptors (Lipinski definition) is 4. The first kappa shape index (κ1) is 19.9. The SMILES string of the molecule is CCC1(c2ccccc2)NC(=O)N(NC(=O)CSc2ccc(C)cc2C)C1=O. The molecule has 1 saturated heterocycles. The minimum atomic E-state index is -1.16. The molecule has 1 heterocycles. The summed E-state index contributed by atoms with van der Waals surface area (Å²) in [5.74, 6) is -0.782. The second-order valence-corrected chi connectivity index (χ2v) is 7.81. The molecule has 0 radical (unpaired) electrons. The molecule has 1 atom stereocenters. The van der Waals surface area contributed by atoms with E-state index in [-0.39, 0.29) is 5.75 Å². The molecule has 0 saturated carbocycles. The van der Waals surface area contributed by atoms with E-state index in [0.29, 0.717) is 12.0 Å². The number of aryl methyl sites for hydroxylation is 2. The average Bonchev–Trinajstić information content (AvgIpc) is 2.93. The molecule has 28 heavy (non-hydrogen) atoms. The summed E-state index contributed by atoms with van der Waals surface area (Å²) in [6, 6.07) is 14.4. The Balaban J connectivity index is 1.69. The zero-order valence-electron chi connectivity index (χ0n) is 16.1. The summed E-state index contributed by atoms with van der Waals surface area (Å²) >= 11 is 1.37. The van der Waals surface area contributed by atoms with Gasteiger partial charge in [-0.1, -0.05) is 55.0 Å². The van der Waals surface area contributed by atoms with E-state index in [1.54, 1.807) is 12.1 Å². The van der Waals surface area contributed by atoms with Gasteiger partial charge in [-0.2, -0.15) is 5.01 Å². The zero-order valence-corrected chi connectivity index (χ0v) is 16.9. The maximum atomic E-state index is 13.0. The van der Waals surface area contributed by atoms with Crippen molar-refractivity contribution in [2.24, 2.45) is 0 Å². The van der Waals surface area contributed by atoms with Crippen LogP contribution in [0.2, 0.25) is 0 Å². The number of carbonyl (C=O) groups is 3. The van der Waals surface area contributed by atoms with Gasteiger partial charge in [-0.05, 0) is 37.5 Å². The second kappa shape index (κ2) is 8.06. The quantitative estimate of drug-likeness (QED) is 0.579. The first-order valence-electron chi connectivity index (χ1n) is 9.09. The van der Waals surface area contributed by atoms with E-state index in [0.717, 1.165) is 21.0 Å². The van der Waals surface area contributed by atoms with Crippen LogP contribution in [0.1, 0.15) is 30.0 Å². The van der Waals surface area contributed by atoms with Gasteiger partial charge in [-0.25, -0.2) is 4.79 Å². The summed E-state index contributed by atoms with van der Waals surface area (Å²) in [5, 5.41) is 3.54. The van der Waals surface area contributed by atoms with Crippen LogP contribution in [-0.4, -0.2) is 28.6 Å². The minimum absolute atomic E-state index is 0.103. The topological polar surface area (TPSA) is 78.5 Å². The second-order valence-electron chi connectivity index (χ2n) is 6.79. The predicted molar refractivity (Wildman–Crippen MR) is 109 cm³/mol. The Morgan fingerprint density at radius 3 is 2.50 bits per heavy atom. The minimum Gasteiger partial charge on any atom is -0.318 e. The van der Waals surface area contributed by atoms with Crippen molar-refractivity contribution in [2.75, 3.05) is 5.75 Å². The molecule has 1 aliphatic heterocycles. The Morgan fingerprint density at radius 1 is 1.14 bits per heavy atom. The van der Waals surface area contributed by atoms with Crippen molar-refractivity contribution in [1.82, 2.24) is 15.8 Å². The molecule has 3 rings (SSSR count). The summed E-state index contributed by atoms with van der Waals surface area (Å²) in [4.78, 5) is 38.8. The standard InChI is InChI=1S/C21H23N3O3S/c1-4-21(16-8-6-5-7-9-16)19(26)24(20(27)22-21)23-18(25)13-28-17-11-10-14(2)12-15(17)3/h5-12H,4,13H2,1-3H3,(H,22,27)(H,23,25). The number of amides is 4. The predicted octanol–water partition coefficient (Wildman–Crippen LogP) is 3.28. The molecule has 1 fully saturated rings. The third kappa shape index (κ3) is 3.75. The molecule has 2 aromatic rings. The van der Waals surface area contributed by atoms with Gasteiger partial charge in [0.15, 0.2) is 0 Å². The molecule has 146 valence electrons. The lowest BCUT2D eigenvalue weighted by Gasteiger charge is -2.25.